The summed E-state index contributed by atoms with van der Waals surface area (Å²) in [6.07, 6.45) is -1.12. The Morgan fingerprint density at radius 1 is 0.944 bits per heavy atom. The average Bonchev–Trinajstić information content (AvgIpc) is 3.17. The van der Waals surface area contributed by atoms with Gasteiger partial charge < -0.3 is 15.4 Å². The molecule has 0 saturated carbocycles. The maximum absolute atomic E-state index is 13.3. The maximum atomic E-state index is 13.3. The van der Waals surface area contributed by atoms with Gasteiger partial charge in [0.05, 0.1) is 13.0 Å². The number of anilines is 1. The summed E-state index contributed by atoms with van der Waals surface area (Å²) < 4.78 is 5.74. The minimum Gasteiger partial charge on any atom is -0.438 e. The minimum atomic E-state index is -0.850. The third-order valence-electron chi connectivity index (χ3n) is 5.96. The van der Waals surface area contributed by atoms with Crippen molar-refractivity contribution in [3.63, 3.8) is 0 Å². The zero-order valence-electron chi connectivity index (χ0n) is 20.7. The topological polar surface area (TPSA) is 87.7 Å². The van der Waals surface area contributed by atoms with Crippen LogP contribution in [-0.2, 0) is 27.3 Å². The Morgan fingerprint density at radius 3 is 2.36 bits per heavy atom. The van der Waals surface area contributed by atoms with Crippen molar-refractivity contribution in [3.05, 3.63) is 101 Å². The van der Waals surface area contributed by atoms with E-state index in [0.29, 0.717) is 11.3 Å². The van der Waals surface area contributed by atoms with Crippen LogP contribution in [0.2, 0.25) is 0 Å². The third kappa shape index (κ3) is 6.10. The molecule has 4 rings (SSSR count). The van der Waals surface area contributed by atoms with Crippen LogP contribution in [0, 0.1) is 6.92 Å². The lowest BCUT2D eigenvalue weighted by molar-refractivity contribution is -0.126. The van der Waals surface area contributed by atoms with Crippen molar-refractivity contribution in [3.8, 4) is 0 Å². The van der Waals surface area contributed by atoms with E-state index in [9.17, 15) is 14.4 Å². The van der Waals surface area contributed by atoms with Crippen molar-refractivity contribution in [2.75, 3.05) is 5.32 Å². The predicted molar refractivity (Wildman–Crippen MR) is 138 cm³/mol. The highest BCUT2D eigenvalue weighted by molar-refractivity contribution is 5.92. The molecule has 1 aliphatic rings. The van der Waals surface area contributed by atoms with Gasteiger partial charge in [0.1, 0.15) is 0 Å². The monoisotopic (exact) mass is 485 g/mol. The van der Waals surface area contributed by atoms with Gasteiger partial charge in [0.25, 0.3) is 0 Å². The number of nitrogens with zero attached hydrogens (tertiary/aromatic N) is 1. The first kappa shape index (κ1) is 25.0. The molecule has 186 valence electrons. The molecule has 1 saturated heterocycles. The van der Waals surface area contributed by atoms with Crippen molar-refractivity contribution >= 4 is 23.6 Å². The number of benzene rings is 3. The smallest absolute Gasteiger partial charge is 0.411 e. The van der Waals surface area contributed by atoms with Crippen molar-refractivity contribution in [2.45, 2.75) is 51.9 Å². The first-order chi connectivity index (χ1) is 17.3. The second-order valence-corrected chi connectivity index (χ2v) is 9.36. The molecule has 36 heavy (non-hydrogen) atoms. The molecule has 0 aromatic heterocycles. The van der Waals surface area contributed by atoms with Gasteiger partial charge in [-0.15, -0.1) is 0 Å². The molecule has 0 spiro atoms. The highest BCUT2D eigenvalue weighted by Gasteiger charge is 2.47. The first-order valence-electron chi connectivity index (χ1n) is 12.1. The van der Waals surface area contributed by atoms with Crippen LogP contribution in [-0.4, -0.2) is 34.9 Å². The number of carbonyl (C=O) groups is 3. The van der Waals surface area contributed by atoms with Crippen LogP contribution in [0.25, 0.3) is 0 Å². The van der Waals surface area contributed by atoms with Gasteiger partial charge in [-0.1, -0.05) is 72.3 Å². The molecule has 7 heteroatoms. The normalized spacial score (nSPS) is 17.1. The summed E-state index contributed by atoms with van der Waals surface area (Å²) in [6.45, 7) is 5.99. The molecule has 0 radical (unpaired) electrons. The maximum Gasteiger partial charge on any atom is 0.411 e. The highest BCUT2D eigenvalue weighted by Crippen LogP contribution is 2.35. The Hall–Kier alpha value is -4.13. The third-order valence-corrected chi connectivity index (χ3v) is 5.96. The molecule has 1 aliphatic heterocycles. The Kier molecular flexibility index (Phi) is 7.68. The average molecular weight is 486 g/mol. The molecule has 7 nitrogen and oxygen atoms in total. The van der Waals surface area contributed by atoms with E-state index >= 15 is 0 Å². The summed E-state index contributed by atoms with van der Waals surface area (Å²) in [5.41, 5.74) is 4.14. The van der Waals surface area contributed by atoms with E-state index in [1.807, 2.05) is 75.4 Å². The second kappa shape index (κ2) is 11.1. The Balaban J connectivity index is 1.56. The van der Waals surface area contributed by atoms with Gasteiger partial charge in [-0.3, -0.25) is 14.5 Å². The predicted octanol–water partition coefficient (Wildman–Crippen LogP) is 4.76. The van der Waals surface area contributed by atoms with E-state index in [2.05, 4.69) is 10.6 Å². The number of nitrogens with one attached hydrogen (secondary N) is 2. The molecule has 3 aromatic carbocycles. The number of carbonyl (C=O) groups excluding carboxylic acids is 3. The van der Waals surface area contributed by atoms with E-state index in [4.69, 9.17) is 4.74 Å². The molecule has 2 N–H and O–H groups in total. The first-order valence-corrected chi connectivity index (χ1v) is 12.1. The number of ether oxygens (including phenoxy) is 1. The molecular weight excluding hydrogens is 454 g/mol. The molecule has 0 bridgehead atoms. The summed E-state index contributed by atoms with van der Waals surface area (Å²) >= 11 is 0. The van der Waals surface area contributed by atoms with Crippen molar-refractivity contribution in [1.82, 2.24) is 10.2 Å². The van der Waals surface area contributed by atoms with E-state index in [-0.39, 0.29) is 30.8 Å². The number of cyclic esters (lactones) is 1. The summed E-state index contributed by atoms with van der Waals surface area (Å²) in [6, 6.07) is 23.5. The van der Waals surface area contributed by atoms with Crippen molar-refractivity contribution in [2.24, 2.45) is 0 Å². The molecule has 0 unspecified atom stereocenters. The van der Waals surface area contributed by atoms with E-state index in [1.165, 1.54) is 4.90 Å². The number of hydrogen-bond donors (Lipinski definition) is 2. The van der Waals surface area contributed by atoms with Gasteiger partial charge in [-0.05, 0) is 49.6 Å². The van der Waals surface area contributed by atoms with E-state index < -0.39 is 18.2 Å². The van der Waals surface area contributed by atoms with Gasteiger partial charge in [0, 0.05) is 11.7 Å². The molecule has 3 amide bonds. The standard InChI is InChI=1S/C29H31N3O4/c1-19(2)30-28(34)26-27(36-29(35)32(26)18-22-14-12-20(3)13-15-22)23-10-7-11-24(17-23)31-25(33)16-21-8-5-4-6-9-21/h4-15,17,19,26-27H,16,18H2,1-3H3,(H,30,34)(H,31,33)/t26-,27+/m0/s1. The SMILES string of the molecule is Cc1ccc(CN2C(=O)O[C@H](c3cccc(NC(=O)Cc4ccccc4)c3)[C@H]2C(=O)NC(C)C)cc1. The van der Waals surface area contributed by atoms with Crippen LogP contribution in [0.3, 0.4) is 0 Å². The zero-order chi connectivity index (χ0) is 25.7. The highest BCUT2D eigenvalue weighted by atomic mass is 16.6. The molecule has 1 heterocycles. The molecule has 1 fully saturated rings. The lowest BCUT2D eigenvalue weighted by atomic mass is 9.99. The fraction of sp³-hybridized carbons (Fsp3) is 0.276. The molecule has 3 aromatic rings. The number of aryl methyl sites for hydroxylation is 1. The molecular formula is C29H31N3O4. The van der Waals surface area contributed by atoms with Crippen molar-refractivity contribution < 1.29 is 19.1 Å². The van der Waals surface area contributed by atoms with E-state index in [1.54, 1.807) is 24.3 Å². The lowest BCUT2D eigenvalue weighted by Gasteiger charge is -2.25. The summed E-state index contributed by atoms with van der Waals surface area (Å²) in [4.78, 5) is 40.2. The van der Waals surface area contributed by atoms with Crippen LogP contribution < -0.4 is 10.6 Å². The largest absolute Gasteiger partial charge is 0.438 e. The van der Waals surface area contributed by atoms with Gasteiger partial charge >= 0.3 is 6.09 Å². The van der Waals surface area contributed by atoms with Gasteiger partial charge in [-0.25, -0.2) is 4.79 Å². The summed E-state index contributed by atoms with van der Waals surface area (Å²) in [5, 5.41) is 5.83. The molecule has 2 atom stereocenters. The Morgan fingerprint density at radius 2 is 1.67 bits per heavy atom. The van der Waals surface area contributed by atoms with Crippen LogP contribution in [0.15, 0.2) is 78.9 Å². The van der Waals surface area contributed by atoms with Crippen molar-refractivity contribution in [1.29, 1.82) is 0 Å². The summed E-state index contributed by atoms with van der Waals surface area (Å²) in [7, 11) is 0. The quantitative estimate of drug-likeness (QED) is 0.481. The Labute approximate surface area is 211 Å². The number of amides is 3. The fourth-order valence-electron chi connectivity index (χ4n) is 4.25. The fourth-order valence-corrected chi connectivity index (χ4v) is 4.25. The molecule has 0 aliphatic carbocycles. The van der Waals surface area contributed by atoms with Gasteiger partial charge in [0.2, 0.25) is 11.8 Å². The summed E-state index contributed by atoms with van der Waals surface area (Å²) in [5.74, 6) is -0.441. The van der Waals surface area contributed by atoms with Gasteiger partial charge in [0.15, 0.2) is 12.1 Å². The number of rotatable bonds is 8. The van der Waals surface area contributed by atoms with Crippen LogP contribution in [0.1, 0.15) is 42.2 Å². The number of hydrogen-bond acceptors (Lipinski definition) is 4. The Bertz CT molecular complexity index is 1220. The van der Waals surface area contributed by atoms with Crippen LogP contribution in [0.4, 0.5) is 10.5 Å². The second-order valence-electron chi connectivity index (χ2n) is 9.36. The minimum absolute atomic E-state index is 0.0984. The van der Waals surface area contributed by atoms with Crippen LogP contribution >= 0.6 is 0 Å². The van der Waals surface area contributed by atoms with Crippen LogP contribution in [0.5, 0.6) is 0 Å². The lowest BCUT2D eigenvalue weighted by Crippen LogP contribution is -2.48. The van der Waals surface area contributed by atoms with Gasteiger partial charge in [-0.2, -0.15) is 0 Å². The van der Waals surface area contributed by atoms with E-state index in [0.717, 1.165) is 16.7 Å². The zero-order valence-corrected chi connectivity index (χ0v) is 20.7.